The molecule has 0 heterocycles. The molecule has 0 saturated heterocycles. The molecule has 30 heavy (non-hydrogen) atoms. The maximum absolute atomic E-state index is 12.2. The second-order valence-electron chi connectivity index (χ2n) is 7.17. The van der Waals surface area contributed by atoms with Gasteiger partial charge in [-0.05, 0) is 48.7 Å². The first-order valence-electron chi connectivity index (χ1n) is 10.1. The Balaban J connectivity index is 1.41. The molecule has 3 rings (SSSR count). The summed E-state index contributed by atoms with van der Waals surface area (Å²) in [5, 5.41) is 8.96. The van der Waals surface area contributed by atoms with Crippen LogP contribution in [0.15, 0.2) is 84.9 Å². The molecule has 0 aliphatic rings. The molecule has 3 N–H and O–H groups in total. The first-order valence-corrected chi connectivity index (χ1v) is 10.1. The first kappa shape index (κ1) is 21.3. The maximum Gasteiger partial charge on any atom is 0.238 e. The highest BCUT2D eigenvalue weighted by molar-refractivity contribution is 5.93. The molecule has 5 heteroatoms. The third kappa shape index (κ3) is 6.87. The summed E-state index contributed by atoms with van der Waals surface area (Å²) in [6.07, 6.45) is 1.13. The number of benzene rings is 3. The van der Waals surface area contributed by atoms with Crippen molar-refractivity contribution < 1.29 is 9.59 Å². The van der Waals surface area contributed by atoms with Crippen molar-refractivity contribution in [2.24, 2.45) is 0 Å². The van der Waals surface area contributed by atoms with Crippen LogP contribution in [0.3, 0.4) is 0 Å². The summed E-state index contributed by atoms with van der Waals surface area (Å²) < 4.78 is 0. The van der Waals surface area contributed by atoms with Crippen molar-refractivity contribution in [3.05, 3.63) is 96.1 Å². The van der Waals surface area contributed by atoms with E-state index in [0.717, 1.165) is 11.1 Å². The lowest BCUT2D eigenvalue weighted by Gasteiger charge is -2.14. The predicted molar refractivity (Wildman–Crippen MR) is 121 cm³/mol. The maximum atomic E-state index is 12.2. The van der Waals surface area contributed by atoms with E-state index in [1.165, 1.54) is 0 Å². The van der Waals surface area contributed by atoms with Crippen LogP contribution >= 0.6 is 0 Å². The zero-order chi connectivity index (χ0) is 21.2. The summed E-state index contributed by atoms with van der Waals surface area (Å²) in [6, 6.07) is 27.2. The second kappa shape index (κ2) is 10.9. The predicted octanol–water partition coefficient (Wildman–Crippen LogP) is 4.55. The Bertz CT molecular complexity index is 941. The van der Waals surface area contributed by atoms with Crippen LogP contribution in [0.2, 0.25) is 0 Å². The number of aryl methyl sites for hydroxylation is 1. The van der Waals surface area contributed by atoms with Crippen LogP contribution < -0.4 is 16.0 Å². The van der Waals surface area contributed by atoms with E-state index in [-0.39, 0.29) is 24.4 Å². The van der Waals surface area contributed by atoms with Crippen molar-refractivity contribution in [1.82, 2.24) is 5.32 Å². The molecule has 0 spiro atoms. The van der Waals surface area contributed by atoms with Crippen molar-refractivity contribution in [2.75, 3.05) is 17.2 Å². The molecular formula is C25H27N3O2. The summed E-state index contributed by atoms with van der Waals surface area (Å²) in [7, 11) is 0. The van der Waals surface area contributed by atoms with E-state index in [1.807, 2.05) is 67.6 Å². The van der Waals surface area contributed by atoms with Crippen molar-refractivity contribution in [3.63, 3.8) is 0 Å². The lowest BCUT2D eigenvalue weighted by molar-refractivity contribution is -0.116. The molecule has 3 aromatic carbocycles. The van der Waals surface area contributed by atoms with Gasteiger partial charge in [0.2, 0.25) is 11.8 Å². The van der Waals surface area contributed by atoms with E-state index in [0.29, 0.717) is 24.2 Å². The standard InChI is InChI=1S/C25H27N3O2/c1-19(21-10-6-3-7-11-21)26-18-25(30)28-23-15-13-22(14-16-23)27-24(29)17-12-20-8-4-2-5-9-20/h2-11,13-16,19,26H,12,17-18H2,1H3,(H,27,29)(H,28,30). The van der Waals surface area contributed by atoms with E-state index >= 15 is 0 Å². The molecule has 0 aliphatic heterocycles. The number of carbonyl (C=O) groups is 2. The number of amides is 2. The summed E-state index contributed by atoms with van der Waals surface area (Å²) in [5.41, 5.74) is 3.68. The number of hydrogen-bond acceptors (Lipinski definition) is 3. The Morgan fingerprint density at radius 2 is 1.27 bits per heavy atom. The van der Waals surface area contributed by atoms with Gasteiger partial charge in [-0.2, -0.15) is 0 Å². The summed E-state index contributed by atoms with van der Waals surface area (Å²) >= 11 is 0. The molecule has 154 valence electrons. The van der Waals surface area contributed by atoms with Gasteiger partial charge in [0.05, 0.1) is 6.54 Å². The quantitative estimate of drug-likeness (QED) is 0.493. The van der Waals surface area contributed by atoms with Gasteiger partial charge in [-0.15, -0.1) is 0 Å². The molecule has 3 aromatic rings. The Labute approximate surface area is 177 Å². The minimum Gasteiger partial charge on any atom is -0.326 e. The molecule has 2 amide bonds. The molecule has 0 aromatic heterocycles. The Kier molecular flexibility index (Phi) is 7.75. The summed E-state index contributed by atoms with van der Waals surface area (Å²) in [6.45, 7) is 2.24. The van der Waals surface area contributed by atoms with Crippen molar-refractivity contribution >= 4 is 23.2 Å². The highest BCUT2D eigenvalue weighted by Crippen LogP contribution is 2.15. The van der Waals surface area contributed by atoms with E-state index < -0.39 is 0 Å². The molecule has 5 nitrogen and oxygen atoms in total. The van der Waals surface area contributed by atoms with Crippen molar-refractivity contribution in [3.8, 4) is 0 Å². The van der Waals surface area contributed by atoms with E-state index in [2.05, 4.69) is 16.0 Å². The van der Waals surface area contributed by atoms with Crippen LogP contribution in [0.25, 0.3) is 0 Å². The second-order valence-corrected chi connectivity index (χ2v) is 7.17. The molecule has 1 unspecified atom stereocenters. The fraction of sp³-hybridized carbons (Fsp3) is 0.200. The lowest BCUT2D eigenvalue weighted by atomic mass is 10.1. The number of carbonyl (C=O) groups excluding carboxylic acids is 2. The number of nitrogens with one attached hydrogen (secondary N) is 3. The van der Waals surface area contributed by atoms with Gasteiger partial charge in [0.25, 0.3) is 0 Å². The van der Waals surface area contributed by atoms with Gasteiger partial charge in [-0.25, -0.2) is 0 Å². The van der Waals surface area contributed by atoms with Crippen molar-refractivity contribution in [1.29, 1.82) is 0 Å². The molecule has 0 aliphatic carbocycles. The fourth-order valence-corrected chi connectivity index (χ4v) is 3.07. The van der Waals surface area contributed by atoms with Gasteiger partial charge < -0.3 is 16.0 Å². The third-order valence-corrected chi connectivity index (χ3v) is 4.80. The lowest BCUT2D eigenvalue weighted by Crippen LogP contribution is -2.30. The Morgan fingerprint density at radius 3 is 1.87 bits per heavy atom. The van der Waals surface area contributed by atoms with Crippen LogP contribution in [0.5, 0.6) is 0 Å². The Hall–Kier alpha value is -3.44. The SMILES string of the molecule is CC(NCC(=O)Nc1ccc(NC(=O)CCc2ccccc2)cc1)c1ccccc1. The monoisotopic (exact) mass is 401 g/mol. The molecule has 0 bridgehead atoms. The van der Waals surface area contributed by atoms with Crippen LogP contribution in [0.4, 0.5) is 11.4 Å². The fourth-order valence-electron chi connectivity index (χ4n) is 3.07. The van der Waals surface area contributed by atoms with Crippen LogP contribution in [-0.4, -0.2) is 18.4 Å². The minimum atomic E-state index is -0.113. The zero-order valence-electron chi connectivity index (χ0n) is 17.1. The highest BCUT2D eigenvalue weighted by Gasteiger charge is 2.08. The highest BCUT2D eigenvalue weighted by atomic mass is 16.2. The molecule has 0 radical (unpaired) electrons. The smallest absolute Gasteiger partial charge is 0.238 e. The van der Waals surface area contributed by atoms with E-state index in [1.54, 1.807) is 24.3 Å². The average Bonchev–Trinajstić information content (AvgIpc) is 2.79. The number of anilines is 2. The minimum absolute atomic E-state index is 0.0326. The summed E-state index contributed by atoms with van der Waals surface area (Å²) in [5.74, 6) is -0.146. The van der Waals surface area contributed by atoms with Gasteiger partial charge in [-0.3, -0.25) is 9.59 Å². The van der Waals surface area contributed by atoms with Crippen LogP contribution in [0.1, 0.15) is 30.5 Å². The van der Waals surface area contributed by atoms with E-state index in [9.17, 15) is 9.59 Å². The zero-order valence-corrected chi connectivity index (χ0v) is 17.1. The summed E-state index contributed by atoms with van der Waals surface area (Å²) in [4.78, 5) is 24.3. The van der Waals surface area contributed by atoms with Crippen molar-refractivity contribution in [2.45, 2.75) is 25.8 Å². The van der Waals surface area contributed by atoms with Gasteiger partial charge in [0, 0.05) is 23.8 Å². The van der Waals surface area contributed by atoms with Crippen LogP contribution in [0, 0.1) is 0 Å². The largest absolute Gasteiger partial charge is 0.326 e. The molecule has 0 saturated carbocycles. The average molecular weight is 402 g/mol. The topological polar surface area (TPSA) is 70.2 Å². The van der Waals surface area contributed by atoms with Gasteiger partial charge in [0.1, 0.15) is 0 Å². The number of hydrogen-bond donors (Lipinski definition) is 3. The van der Waals surface area contributed by atoms with Gasteiger partial charge >= 0.3 is 0 Å². The first-order chi connectivity index (χ1) is 14.6. The van der Waals surface area contributed by atoms with E-state index in [4.69, 9.17) is 0 Å². The third-order valence-electron chi connectivity index (χ3n) is 4.80. The normalized spacial score (nSPS) is 11.5. The van der Waals surface area contributed by atoms with Crippen LogP contribution in [-0.2, 0) is 16.0 Å². The van der Waals surface area contributed by atoms with Gasteiger partial charge in [0.15, 0.2) is 0 Å². The van der Waals surface area contributed by atoms with Gasteiger partial charge in [-0.1, -0.05) is 60.7 Å². The molecule has 0 fully saturated rings. The molecule has 1 atom stereocenters. The molecular weight excluding hydrogens is 374 g/mol. The Morgan fingerprint density at radius 1 is 0.733 bits per heavy atom. The number of rotatable bonds is 9.